The Morgan fingerprint density at radius 3 is 2.40 bits per heavy atom. The van der Waals surface area contributed by atoms with Gasteiger partial charge >= 0.3 is 5.97 Å². The molecular weight excluding hydrogens is 325 g/mol. The first-order valence-corrected chi connectivity index (χ1v) is 7.87. The Morgan fingerprint density at radius 2 is 1.84 bits per heavy atom. The van der Waals surface area contributed by atoms with Gasteiger partial charge in [0.25, 0.3) is 0 Å². The van der Waals surface area contributed by atoms with E-state index in [9.17, 15) is 19.1 Å². The average molecular weight is 343 g/mol. The van der Waals surface area contributed by atoms with Crippen LogP contribution in [0.2, 0.25) is 0 Å². The molecule has 25 heavy (non-hydrogen) atoms. The van der Waals surface area contributed by atoms with Crippen LogP contribution in [0.15, 0.2) is 42.5 Å². The van der Waals surface area contributed by atoms with Crippen LogP contribution >= 0.6 is 0 Å². The van der Waals surface area contributed by atoms with E-state index in [0.717, 1.165) is 17.2 Å². The molecule has 0 radical (unpaired) electrons. The van der Waals surface area contributed by atoms with Crippen molar-refractivity contribution in [2.45, 2.75) is 19.3 Å². The van der Waals surface area contributed by atoms with E-state index < -0.39 is 23.1 Å². The predicted octanol–water partition coefficient (Wildman–Crippen LogP) is 3.03. The van der Waals surface area contributed by atoms with Gasteiger partial charge in [0.2, 0.25) is 5.91 Å². The van der Waals surface area contributed by atoms with Gasteiger partial charge in [0.1, 0.15) is 11.6 Å². The van der Waals surface area contributed by atoms with Crippen LogP contribution in [0.3, 0.4) is 0 Å². The zero-order valence-electron chi connectivity index (χ0n) is 13.7. The molecule has 0 fully saturated rings. The second-order valence-corrected chi connectivity index (χ2v) is 6.28. The van der Waals surface area contributed by atoms with Gasteiger partial charge in [0.15, 0.2) is 0 Å². The number of halogens is 1. The molecule has 0 saturated carbocycles. The Labute approximate surface area is 144 Å². The third-order valence-electron chi connectivity index (χ3n) is 4.56. The van der Waals surface area contributed by atoms with E-state index in [1.54, 1.807) is 0 Å². The van der Waals surface area contributed by atoms with Gasteiger partial charge in [-0.25, -0.2) is 4.39 Å². The van der Waals surface area contributed by atoms with Gasteiger partial charge in [0, 0.05) is 12.5 Å². The number of nitrogens with one attached hydrogen (secondary N) is 1. The number of carbonyl (C=O) groups excluding carboxylic acids is 1. The topological polar surface area (TPSA) is 75.6 Å². The van der Waals surface area contributed by atoms with Gasteiger partial charge in [-0.05, 0) is 36.1 Å². The number of amides is 1. The molecule has 1 aliphatic carbocycles. The molecule has 0 saturated heterocycles. The number of ether oxygens (including phenoxy) is 1. The Morgan fingerprint density at radius 1 is 1.20 bits per heavy atom. The molecule has 0 atom stereocenters. The molecule has 0 heterocycles. The summed E-state index contributed by atoms with van der Waals surface area (Å²) in [6, 6.07) is 11.3. The number of hydrogen-bond acceptors (Lipinski definition) is 3. The number of aliphatic carboxylic acids is 1. The number of carbonyl (C=O) groups is 2. The number of fused-ring (bicyclic) bond motifs is 1. The summed E-state index contributed by atoms with van der Waals surface area (Å²) in [6.07, 6.45) is 0.398. The molecule has 0 unspecified atom stereocenters. The lowest BCUT2D eigenvalue weighted by Gasteiger charge is -2.23. The van der Waals surface area contributed by atoms with Crippen molar-refractivity contribution in [2.75, 3.05) is 12.4 Å². The molecule has 130 valence electrons. The summed E-state index contributed by atoms with van der Waals surface area (Å²) < 4.78 is 18.5. The van der Waals surface area contributed by atoms with Crippen molar-refractivity contribution in [2.24, 2.45) is 5.41 Å². The molecule has 0 spiro atoms. The van der Waals surface area contributed by atoms with Gasteiger partial charge in [0.05, 0.1) is 18.2 Å². The second kappa shape index (κ2) is 6.55. The molecule has 5 nitrogen and oxygen atoms in total. The van der Waals surface area contributed by atoms with Crippen LogP contribution in [0.25, 0.3) is 0 Å². The quantitative estimate of drug-likeness (QED) is 0.875. The van der Waals surface area contributed by atoms with Crippen molar-refractivity contribution >= 4 is 17.6 Å². The van der Waals surface area contributed by atoms with Crippen LogP contribution in [0, 0.1) is 11.2 Å². The van der Waals surface area contributed by atoms with Crippen LogP contribution in [-0.4, -0.2) is 24.1 Å². The standard InChI is InChI=1S/C19H18FNO4/c1-25-16-7-6-14(20)8-15(16)21-17(22)11-19(18(23)24)9-12-4-2-3-5-13(12)10-19/h2-8H,9-11H2,1H3,(H,21,22)(H,23,24). The highest BCUT2D eigenvalue weighted by atomic mass is 19.1. The Bertz CT molecular complexity index is 809. The molecule has 6 heteroatoms. The van der Waals surface area contributed by atoms with Gasteiger partial charge in [-0.2, -0.15) is 0 Å². The maximum Gasteiger partial charge on any atom is 0.310 e. The SMILES string of the molecule is COc1ccc(F)cc1NC(=O)CC1(C(=O)O)Cc2ccccc2C1. The molecule has 0 aromatic heterocycles. The van der Waals surface area contributed by atoms with Gasteiger partial charge in [-0.3, -0.25) is 9.59 Å². The average Bonchev–Trinajstić information content (AvgIpc) is 2.94. The lowest BCUT2D eigenvalue weighted by Crippen LogP contribution is -2.36. The van der Waals surface area contributed by atoms with Crippen LogP contribution < -0.4 is 10.1 Å². The van der Waals surface area contributed by atoms with Crippen molar-refractivity contribution in [1.29, 1.82) is 0 Å². The summed E-state index contributed by atoms with van der Waals surface area (Å²) in [4.78, 5) is 24.3. The third kappa shape index (κ3) is 3.33. The number of benzene rings is 2. The number of hydrogen-bond donors (Lipinski definition) is 2. The van der Waals surface area contributed by atoms with Crippen molar-refractivity contribution in [1.82, 2.24) is 0 Å². The van der Waals surface area contributed by atoms with E-state index >= 15 is 0 Å². The fraction of sp³-hybridized carbons (Fsp3) is 0.263. The van der Waals surface area contributed by atoms with E-state index in [-0.39, 0.29) is 12.1 Å². The highest BCUT2D eigenvalue weighted by Crippen LogP contribution is 2.40. The molecule has 0 aliphatic heterocycles. The Kier molecular flexibility index (Phi) is 4.44. The Balaban J connectivity index is 1.80. The molecule has 2 aromatic rings. The molecular formula is C19H18FNO4. The monoisotopic (exact) mass is 343 g/mol. The largest absolute Gasteiger partial charge is 0.495 e. The fourth-order valence-electron chi connectivity index (χ4n) is 3.33. The lowest BCUT2D eigenvalue weighted by atomic mass is 9.81. The predicted molar refractivity (Wildman–Crippen MR) is 90.1 cm³/mol. The summed E-state index contributed by atoms with van der Waals surface area (Å²) in [5.41, 5.74) is 0.888. The zero-order valence-corrected chi connectivity index (χ0v) is 13.7. The van der Waals surface area contributed by atoms with Crippen molar-refractivity contribution < 1.29 is 23.8 Å². The number of carboxylic acid groups (broad SMARTS) is 1. The van der Waals surface area contributed by atoms with Gasteiger partial charge < -0.3 is 15.2 Å². The first kappa shape index (κ1) is 17.0. The number of carboxylic acids is 1. The van der Waals surface area contributed by atoms with Crippen LogP contribution in [0.1, 0.15) is 17.5 Å². The first-order chi connectivity index (χ1) is 11.9. The van der Waals surface area contributed by atoms with E-state index in [2.05, 4.69) is 5.32 Å². The molecule has 1 amide bonds. The minimum Gasteiger partial charge on any atom is -0.495 e. The minimum absolute atomic E-state index is 0.184. The summed E-state index contributed by atoms with van der Waals surface area (Å²) in [7, 11) is 1.41. The van der Waals surface area contributed by atoms with Crippen molar-refractivity contribution in [3.05, 3.63) is 59.4 Å². The second-order valence-electron chi connectivity index (χ2n) is 6.28. The highest BCUT2D eigenvalue weighted by molar-refractivity contribution is 5.96. The van der Waals surface area contributed by atoms with E-state index in [1.807, 2.05) is 24.3 Å². The highest BCUT2D eigenvalue weighted by Gasteiger charge is 2.45. The minimum atomic E-state index is -1.19. The number of rotatable bonds is 5. The number of anilines is 1. The summed E-state index contributed by atoms with van der Waals surface area (Å²) in [5.74, 6) is -1.70. The molecule has 3 rings (SSSR count). The van der Waals surface area contributed by atoms with Crippen LogP contribution in [0.4, 0.5) is 10.1 Å². The fourth-order valence-corrected chi connectivity index (χ4v) is 3.33. The van der Waals surface area contributed by atoms with Crippen LogP contribution in [-0.2, 0) is 22.4 Å². The molecule has 1 aliphatic rings. The van der Waals surface area contributed by atoms with E-state index in [0.29, 0.717) is 18.6 Å². The summed E-state index contributed by atoms with van der Waals surface area (Å²) in [5, 5.41) is 12.3. The summed E-state index contributed by atoms with van der Waals surface area (Å²) in [6.45, 7) is 0. The van der Waals surface area contributed by atoms with Gasteiger partial charge in [-0.15, -0.1) is 0 Å². The van der Waals surface area contributed by atoms with E-state index in [4.69, 9.17) is 4.74 Å². The maximum atomic E-state index is 13.4. The van der Waals surface area contributed by atoms with Crippen molar-refractivity contribution in [3.63, 3.8) is 0 Å². The molecule has 0 bridgehead atoms. The number of methoxy groups -OCH3 is 1. The van der Waals surface area contributed by atoms with E-state index in [1.165, 1.54) is 19.2 Å². The normalized spacial score (nSPS) is 14.6. The maximum absolute atomic E-state index is 13.4. The first-order valence-electron chi connectivity index (χ1n) is 7.87. The smallest absolute Gasteiger partial charge is 0.310 e. The van der Waals surface area contributed by atoms with Gasteiger partial charge in [-0.1, -0.05) is 24.3 Å². The zero-order chi connectivity index (χ0) is 18.0. The van der Waals surface area contributed by atoms with Crippen molar-refractivity contribution in [3.8, 4) is 5.75 Å². The Hall–Kier alpha value is -2.89. The summed E-state index contributed by atoms with van der Waals surface area (Å²) >= 11 is 0. The van der Waals surface area contributed by atoms with Crippen LogP contribution in [0.5, 0.6) is 5.75 Å². The third-order valence-corrected chi connectivity index (χ3v) is 4.56. The molecule has 2 N–H and O–H groups in total. The molecule has 2 aromatic carbocycles. The lowest BCUT2D eigenvalue weighted by molar-refractivity contribution is -0.150.